The Labute approximate surface area is 108 Å². The minimum atomic E-state index is 0.494. The average molecular weight is 235 g/mol. The predicted molar refractivity (Wildman–Crippen MR) is 77.8 cm³/mol. The standard InChI is InChI=1S/C17H17N/c1-13(2)18-11-10-15-8-9-16(12-17(15)18)14-6-4-3-5-7-14/h3-13H,1-2H3. The quantitative estimate of drug-likeness (QED) is 0.596. The van der Waals surface area contributed by atoms with Gasteiger partial charge in [0.15, 0.2) is 0 Å². The summed E-state index contributed by atoms with van der Waals surface area (Å²) in [6.45, 7) is 4.43. The predicted octanol–water partition coefficient (Wildman–Crippen LogP) is 4.89. The fourth-order valence-corrected chi connectivity index (χ4v) is 2.41. The number of hydrogen-bond donors (Lipinski definition) is 0. The number of nitrogens with zero attached hydrogens (tertiary/aromatic N) is 1. The number of fused-ring (bicyclic) bond motifs is 1. The van der Waals surface area contributed by atoms with Crippen molar-refractivity contribution in [3.8, 4) is 11.1 Å². The Hall–Kier alpha value is -2.02. The summed E-state index contributed by atoms with van der Waals surface area (Å²) in [6, 6.07) is 19.9. The maximum Gasteiger partial charge on any atom is 0.0488 e. The summed E-state index contributed by atoms with van der Waals surface area (Å²) >= 11 is 0. The number of benzene rings is 2. The molecule has 0 fully saturated rings. The van der Waals surface area contributed by atoms with Crippen LogP contribution in [0.25, 0.3) is 22.0 Å². The van der Waals surface area contributed by atoms with E-state index in [0.29, 0.717) is 6.04 Å². The van der Waals surface area contributed by atoms with Gasteiger partial charge in [-0.05, 0) is 42.5 Å². The summed E-state index contributed by atoms with van der Waals surface area (Å²) in [6.07, 6.45) is 2.17. The van der Waals surface area contributed by atoms with Crippen molar-refractivity contribution in [3.05, 3.63) is 60.8 Å². The molecule has 0 N–H and O–H groups in total. The number of rotatable bonds is 2. The van der Waals surface area contributed by atoms with Gasteiger partial charge in [-0.15, -0.1) is 0 Å². The SMILES string of the molecule is CC(C)n1ccc2ccc(-c3ccccc3)cc21. The first-order valence-electron chi connectivity index (χ1n) is 6.42. The van der Waals surface area contributed by atoms with Gasteiger partial charge >= 0.3 is 0 Å². The molecule has 0 unspecified atom stereocenters. The summed E-state index contributed by atoms with van der Waals surface area (Å²) in [7, 11) is 0. The largest absolute Gasteiger partial charge is 0.345 e. The monoisotopic (exact) mass is 235 g/mol. The minimum Gasteiger partial charge on any atom is -0.345 e. The average Bonchev–Trinajstić information content (AvgIpc) is 2.82. The van der Waals surface area contributed by atoms with E-state index in [1.807, 2.05) is 0 Å². The topological polar surface area (TPSA) is 4.93 Å². The van der Waals surface area contributed by atoms with Crippen LogP contribution in [-0.2, 0) is 0 Å². The summed E-state index contributed by atoms with van der Waals surface area (Å²) in [4.78, 5) is 0. The molecule has 0 atom stereocenters. The van der Waals surface area contributed by atoms with Crippen molar-refractivity contribution in [1.29, 1.82) is 0 Å². The summed E-state index contributed by atoms with van der Waals surface area (Å²) in [5, 5.41) is 1.31. The lowest BCUT2D eigenvalue weighted by molar-refractivity contribution is 0.623. The molecule has 2 aromatic carbocycles. The molecule has 3 aromatic rings. The van der Waals surface area contributed by atoms with E-state index >= 15 is 0 Å². The Kier molecular flexibility index (Phi) is 2.67. The fourth-order valence-electron chi connectivity index (χ4n) is 2.41. The van der Waals surface area contributed by atoms with E-state index in [2.05, 4.69) is 79.2 Å². The van der Waals surface area contributed by atoms with Crippen LogP contribution in [0.4, 0.5) is 0 Å². The van der Waals surface area contributed by atoms with E-state index < -0.39 is 0 Å². The first-order chi connectivity index (χ1) is 8.75. The molecule has 1 aromatic heterocycles. The van der Waals surface area contributed by atoms with Crippen molar-refractivity contribution >= 4 is 10.9 Å². The van der Waals surface area contributed by atoms with E-state index in [1.54, 1.807) is 0 Å². The molecular weight excluding hydrogens is 218 g/mol. The molecule has 0 radical (unpaired) electrons. The molecule has 90 valence electrons. The fraction of sp³-hybridized carbons (Fsp3) is 0.176. The second-order valence-corrected chi connectivity index (χ2v) is 4.96. The minimum absolute atomic E-state index is 0.494. The first-order valence-corrected chi connectivity index (χ1v) is 6.42. The van der Waals surface area contributed by atoms with E-state index in [0.717, 1.165) is 0 Å². The van der Waals surface area contributed by atoms with Crippen LogP contribution < -0.4 is 0 Å². The van der Waals surface area contributed by atoms with Gasteiger partial charge in [-0.1, -0.05) is 42.5 Å². The maximum atomic E-state index is 2.32. The van der Waals surface area contributed by atoms with Crippen LogP contribution in [0.15, 0.2) is 60.8 Å². The zero-order chi connectivity index (χ0) is 12.5. The van der Waals surface area contributed by atoms with Crippen LogP contribution in [0.5, 0.6) is 0 Å². The van der Waals surface area contributed by atoms with Crippen LogP contribution in [-0.4, -0.2) is 4.57 Å². The van der Waals surface area contributed by atoms with E-state index in [-0.39, 0.29) is 0 Å². The molecule has 1 heteroatoms. The van der Waals surface area contributed by atoms with E-state index in [4.69, 9.17) is 0 Å². The van der Waals surface area contributed by atoms with Crippen LogP contribution in [0.3, 0.4) is 0 Å². The van der Waals surface area contributed by atoms with Gasteiger partial charge in [0.05, 0.1) is 0 Å². The summed E-state index contributed by atoms with van der Waals surface area (Å²) in [5.74, 6) is 0. The third kappa shape index (κ3) is 1.82. The molecule has 1 heterocycles. The van der Waals surface area contributed by atoms with Crippen LogP contribution >= 0.6 is 0 Å². The zero-order valence-corrected chi connectivity index (χ0v) is 10.8. The molecule has 0 saturated heterocycles. The zero-order valence-electron chi connectivity index (χ0n) is 10.8. The molecular formula is C17H17N. The lowest BCUT2D eigenvalue weighted by atomic mass is 10.0. The van der Waals surface area contributed by atoms with Crippen LogP contribution in [0, 0.1) is 0 Å². The Morgan fingerprint density at radius 2 is 1.61 bits per heavy atom. The van der Waals surface area contributed by atoms with Crippen LogP contribution in [0.2, 0.25) is 0 Å². The molecule has 0 bridgehead atoms. The Balaban J connectivity index is 2.18. The van der Waals surface area contributed by atoms with Crippen molar-refractivity contribution in [3.63, 3.8) is 0 Å². The van der Waals surface area contributed by atoms with E-state index in [1.165, 1.54) is 22.0 Å². The Morgan fingerprint density at radius 3 is 2.33 bits per heavy atom. The first kappa shape index (κ1) is 11.1. The normalized spacial score (nSPS) is 11.3. The molecule has 18 heavy (non-hydrogen) atoms. The summed E-state index contributed by atoms with van der Waals surface area (Å²) < 4.78 is 2.32. The van der Waals surface area contributed by atoms with Crippen LogP contribution in [0.1, 0.15) is 19.9 Å². The molecule has 0 saturated carbocycles. The molecule has 1 nitrogen and oxygen atoms in total. The molecule has 0 spiro atoms. The van der Waals surface area contributed by atoms with E-state index in [9.17, 15) is 0 Å². The highest BCUT2D eigenvalue weighted by Crippen LogP contribution is 2.26. The van der Waals surface area contributed by atoms with Gasteiger partial charge in [0.2, 0.25) is 0 Å². The molecule has 0 aliphatic rings. The molecule has 0 aliphatic carbocycles. The molecule has 0 aliphatic heterocycles. The van der Waals surface area contributed by atoms with Gasteiger partial charge in [0.1, 0.15) is 0 Å². The second kappa shape index (κ2) is 4.34. The van der Waals surface area contributed by atoms with Gasteiger partial charge in [0, 0.05) is 17.8 Å². The van der Waals surface area contributed by atoms with Crippen molar-refractivity contribution in [2.75, 3.05) is 0 Å². The van der Waals surface area contributed by atoms with Crippen molar-refractivity contribution < 1.29 is 0 Å². The van der Waals surface area contributed by atoms with Crippen molar-refractivity contribution in [2.45, 2.75) is 19.9 Å². The second-order valence-electron chi connectivity index (χ2n) is 4.96. The van der Waals surface area contributed by atoms with Gasteiger partial charge < -0.3 is 4.57 Å². The smallest absolute Gasteiger partial charge is 0.0488 e. The molecule has 3 rings (SSSR count). The van der Waals surface area contributed by atoms with Crippen molar-refractivity contribution in [1.82, 2.24) is 4.57 Å². The van der Waals surface area contributed by atoms with Gasteiger partial charge in [-0.25, -0.2) is 0 Å². The highest BCUT2D eigenvalue weighted by Gasteiger charge is 2.05. The number of aromatic nitrogens is 1. The summed E-state index contributed by atoms with van der Waals surface area (Å²) in [5.41, 5.74) is 3.87. The Morgan fingerprint density at radius 1 is 0.833 bits per heavy atom. The lowest BCUT2D eigenvalue weighted by Crippen LogP contribution is -1.97. The lowest BCUT2D eigenvalue weighted by Gasteiger charge is -2.10. The number of hydrogen-bond acceptors (Lipinski definition) is 0. The third-order valence-electron chi connectivity index (χ3n) is 3.39. The van der Waals surface area contributed by atoms with Crippen molar-refractivity contribution in [2.24, 2.45) is 0 Å². The van der Waals surface area contributed by atoms with Gasteiger partial charge in [0.25, 0.3) is 0 Å². The Bertz CT molecular complexity index is 662. The maximum absolute atomic E-state index is 2.32. The highest BCUT2D eigenvalue weighted by molar-refractivity contribution is 5.85. The third-order valence-corrected chi connectivity index (χ3v) is 3.39. The van der Waals surface area contributed by atoms with Gasteiger partial charge in [-0.3, -0.25) is 0 Å². The molecule has 0 amide bonds. The highest BCUT2D eigenvalue weighted by atomic mass is 15.0. The van der Waals surface area contributed by atoms with Gasteiger partial charge in [-0.2, -0.15) is 0 Å².